The highest BCUT2D eigenvalue weighted by atomic mass is 16.5. The van der Waals surface area contributed by atoms with E-state index in [1.165, 1.54) is 51.5 Å². The number of piperidine rings is 1. The molecule has 0 unspecified atom stereocenters. The van der Waals surface area contributed by atoms with Crippen LogP contribution >= 0.6 is 0 Å². The van der Waals surface area contributed by atoms with Gasteiger partial charge in [-0.05, 0) is 44.4 Å². The normalized spacial score (nSPS) is 25.3. The van der Waals surface area contributed by atoms with Crippen LogP contribution in [-0.4, -0.2) is 62.3 Å². The van der Waals surface area contributed by atoms with Crippen LogP contribution in [0.3, 0.4) is 0 Å². The van der Waals surface area contributed by atoms with Gasteiger partial charge in [0.1, 0.15) is 0 Å². The lowest BCUT2D eigenvalue weighted by atomic mass is 9.99. The number of rotatable bonds is 4. The van der Waals surface area contributed by atoms with Crippen LogP contribution in [0.25, 0.3) is 0 Å². The molecule has 1 aliphatic carbocycles. The minimum atomic E-state index is 0.0785. The Balaban J connectivity index is 1.39. The highest BCUT2D eigenvalue weighted by Gasteiger charge is 2.28. The Hall–Kier alpha value is -1.59. The summed E-state index contributed by atoms with van der Waals surface area (Å²) in [7, 11) is 0. The van der Waals surface area contributed by atoms with Crippen molar-refractivity contribution in [2.45, 2.75) is 63.5 Å². The monoisotopic (exact) mass is 385 g/mol. The summed E-state index contributed by atoms with van der Waals surface area (Å²) in [6.07, 6.45) is 10.5. The van der Waals surface area contributed by atoms with Gasteiger partial charge in [0.05, 0.1) is 18.8 Å². The zero-order valence-electron chi connectivity index (χ0n) is 17.1. The molecule has 3 aliphatic rings. The summed E-state index contributed by atoms with van der Waals surface area (Å²) in [5.41, 5.74) is 1.84. The smallest absolute Gasteiger partial charge is 0.253 e. The maximum Gasteiger partial charge on any atom is 0.253 e. The topological polar surface area (TPSA) is 44.8 Å². The van der Waals surface area contributed by atoms with Gasteiger partial charge in [-0.1, -0.05) is 37.8 Å². The van der Waals surface area contributed by atoms with Gasteiger partial charge in [0.15, 0.2) is 0 Å². The van der Waals surface area contributed by atoms with Gasteiger partial charge in [-0.3, -0.25) is 9.69 Å². The number of nitrogens with one attached hydrogen (secondary N) is 1. The third-order valence-electron chi connectivity index (χ3n) is 6.63. The molecule has 2 heterocycles. The number of anilines is 1. The Labute approximate surface area is 169 Å². The first-order valence-electron chi connectivity index (χ1n) is 11.3. The average Bonchev–Trinajstić information content (AvgIpc) is 3.04. The first kappa shape index (κ1) is 19.7. The second-order valence-electron chi connectivity index (χ2n) is 8.57. The molecule has 4 rings (SSSR count). The minimum absolute atomic E-state index is 0.0785. The van der Waals surface area contributed by atoms with Gasteiger partial charge in [-0.15, -0.1) is 0 Å². The quantitative estimate of drug-likeness (QED) is 0.807. The lowest BCUT2D eigenvalue weighted by Gasteiger charge is -2.38. The number of para-hydroxylation sites is 1. The van der Waals surface area contributed by atoms with Crippen molar-refractivity contribution in [1.82, 2.24) is 10.2 Å². The predicted molar refractivity (Wildman–Crippen MR) is 113 cm³/mol. The lowest BCUT2D eigenvalue weighted by molar-refractivity contribution is 0.0859. The molecule has 0 aromatic heterocycles. The van der Waals surface area contributed by atoms with Crippen molar-refractivity contribution in [3.63, 3.8) is 0 Å². The van der Waals surface area contributed by atoms with Crippen LogP contribution in [0.1, 0.15) is 61.7 Å². The zero-order valence-corrected chi connectivity index (χ0v) is 17.1. The highest BCUT2D eigenvalue weighted by Crippen LogP contribution is 2.26. The minimum Gasteiger partial charge on any atom is -0.378 e. The number of carbonyl (C=O) groups excluding carboxylic acids is 1. The number of likely N-dealkylation sites (tertiary alicyclic amines) is 1. The number of ether oxygens (including phenoxy) is 1. The maximum atomic E-state index is 13.1. The molecular formula is C23H35N3O2. The summed E-state index contributed by atoms with van der Waals surface area (Å²) in [6.45, 7) is 5.37. The summed E-state index contributed by atoms with van der Waals surface area (Å²) in [5, 5.41) is 3.36. The van der Waals surface area contributed by atoms with E-state index in [4.69, 9.17) is 4.74 Å². The molecule has 1 saturated carbocycles. The first-order valence-corrected chi connectivity index (χ1v) is 11.3. The van der Waals surface area contributed by atoms with Crippen LogP contribution in [0, 0.1) is 0 Å². The molecule has 1 atom stereocenters. The molecule has 2 aliphatic heterocycles. The van der Waals surface area contributed by atoms with Crippen LogP contribution in [0.5, 0.6) is 0 Å². The number of amides is 1. The molecule has 1 amide bonds. The van der Waals surface area contributed by atoms with Crippen LogP contribution in [0.4, 0.5) is 5.69 Å². The molecule has 0 spiro atoms. The van der Waals surface area contributed by atoms with E-state index in [0.29, 0.717) is 0 Å². The van der Waals surface area contributed by atoms with Crippen LogP contribution in [0.2, 0.25) is 0 Å². The van der Waals surface area contributed by atoms with E-state index in [0.717, 1.165) is 56.6 Å². The van der Waals surface area contributed by atoms with Crippen LogP contribution in [-0.2, 0) is 4.74 Å². The summed E-state index contributed by atoms with van der Waals surface area (Å²) >= 11 is 0. The van der Waals surface area contributed by atoms with E-state index in [9.17, 15) is 4.79 Å². The Bertz CT molecular complexity index is 636. The van der Waals surface area contributed by atoms with E-state index < -0.39 is 0 Å². The van der Waals surface area contributed by atoms with E-state index >= 15 is 0 Å². The predicted octanol–water partition coefficient (Wildman–Crippen LogP) is 3.44. The van der Waals surface area contributed by atoms with Gasteiger partial charge in [-0.25, -0.2) is 0 Å². The van der Waals surface area contributed by atoms with Crippen molar-refractivity contribution in [3.8, 4) is 0 Å². The fraction of sp³-hybridized carbons (Fsp3) is 0.696. The summed E-state index contributed by atoms with van der Waals surface area (Å²) < 4.78 is 5.47. The van der Waals surface area contributed by atoms with Gasteiger partial charge in [0.2, 0.25) is 0 Å². The third kappa shape index (κ3) is 4.87. The van der Waals surface area contributed by atoms with Crippen molar-refractivity contribution in [3.05, 3.63) is 29.8 Å². The zero-order chi connectivity index (χ0) is 19.2. The molecule has 5 nitrogen and oxygen atoms in total. The molecule has 0 bridgehead atoms. The Morgan fingerprint density at radius 3 is 2.46 bits per heavy atom. The Kier molecular flexibility index (Phi) is 6.86. The third-order valence-corrected chi connectivity index (χ3v) is 6.63. The second-order valence-corrected chi connectivity index (χ2v) is 8.57. The lowest BCUT2D eigenvalue weighted by Crippen LogP contribution is -2.51. The Morgan fingerprint density at radius 2 is 1.68 bits per heavy atom. The van der Waals surface area contributed by atoms with Crippen LogP contribution < -0.4 is 10.2 Å². The maximum absolute atomic E-state index is 13.1. The average molecular weight is 386 g/mol. The molecule has 28 heavy (non-hydrogen) atoms. The fourth-order valence-corrected chi connectivity index (χ4v) is 5.09. The van der Waals surface area contributed by atoms with Gasteiger partial charge < -0.3 is 15.0 Å². The standard InChI is InChI=1S/C23H35N3O2/c27-23(21-11-5-6-12-22(21)25-14-16-28-17-15-25)24-19-8-7-13-26(18-19)20-9-3-1-2-4-10-20/h5-6,11-12,19-20H,1-4,7-10,13-18H2,(H,24,27)/t19-/m0/s1. The van der Waals surface area contributed by atoms with E-state index in [-0.39, 0.29) is 11.9 Å². The number of benzene rings is 1. The molecule has 2 saturated heterocycles. The molecule has 0 radical (unpaired) electrons. The summed E-state index contributed by atoms with van der Waals surface area (Å²) in [5.74, 6) is 0.0785. The van der Waals surface area contributed by atoms with Crippen molar-refractivity contribution in [2.24, 2.45) is 0 Å². The van der Waals surface area contributed by atoms with Crippen molar-refractivity contribution >= 4 is 11.6 Å². The van der Waals surface area contributed by atoms with Gasteiger partial charge in [0.25, 0.3) is 5.91 Å². The molecule has 5 heteroatoms. The molecule has 1 N–H and O–H groups in total. The second kappa shape index (κ2) is 9.75. The summed E-state index contributed by atoms with van der Waals surface area (Å²) in [6, 6.07) is 9.02. The van der Waals surface area contributed by atoms with Gasteiger partial charge >= 0.3 is 0 Å². The molecule has 1 aromatic rings. The number of hydrogen-bond donors (Lipinski definition) is 1. The SMILES string of the molecule is O=C(N[C@H]1CCCN(C2CCCCCC2)C1)c1ccccc1N1CCOCC1. The van der Waals surface area contributed by atoms with E-state index in [1.54, 1.807) is 0 Å². The fourth-order valence-electron chi connectivity index (χ4n) is 5.09. The van der Waals surface area contributed by atoms with Crippen molar-refractivity contribution < 1.29 is 9.53 Å². The molecule has 1 aromatic carbocycles. The first-order chi connectivity index (χ1) is 13.8. The number of nitrogens with zero attached hydrogens (tertiary/aromatic N) is 2. The molecular weight excluding hydrogens is 350 g/mol. The molecule has 3 fully saturated rings. The Morgan fingerprint density at radius 1 is 0.929 bits per heavy atom. The van der Waals surface area contributed by atoms with Crippen molar-refractivity contribution in [2.75, 3.05) is 44.3 Å². The van der Waals surface area contributed by atoms with Crippen LogP contribution in [0.15, 0.2) is 24.3 Å². The molecule has 154 valence electrons. The van der Waals surface area contributed by atoms with E-state index in [1.807, 2.05) is 18.2 Å². The van der Waals surface area contributed by atoms with E-state index in [2.05, 4.69) is 21.2 Å². The number of morpholine rings is 1. The number of carbonyl (C=O) groups is 1. The highest BCUT2D eigenvalue weighted by molar-refractivity contribution is 6.00. The number of hydrogen-bond acceptors (Lipinski definition) is 4. The van der Waals surface area contributed by atoms with Gasteiger partial charge in [0, 0.05) is 37.4 Å². The summed E-state index contributed by atoms with van der Waals surface area (Å²) in [4.78, 5) is 18.1. The van der Waals surface area contributed by atoms with Crippen molar-refractivity contribution in [1.29, 1.82) is 0 Å². The largest absolute Gasteiger partial charge is 0.378 e. The van der Waals surface area contributed by atoms with Gasteiger partial charge in [-0.2, -0.15) is 0 Å².